The van der Waals surface area contributed by atoms with Crippen LogP contribution in [0.5, 0.6) is 0 Å². The van der Waals surface area contributed by atoms with E-state index in [-0.39, 0.29) is 28.2 Å². The van der Waals surface area contributed by atoms with Crippen molar-refractivity contribution in [3.8, 4) is 0 Å². The number of nitrogens with two attached hydrogens (primary N) is 1. The maximum atomic E-state index is 11.9. The predicted molar refractivity (Wildman–Crippen MR) is 73.3 cm³/mol. The lowest BCUT2D eigenvalue weighted by atomic mass is 10.2. The van der Waals surface area contributed by atoms with E-state index in [4.69, 9.17) is 33.5 Å². The molecular weight excluding hydrogens is 289 g/mol. The SMILES string of the molecule is Cc1cc(CNC(=O)c2cc(Cl)c(N)c(Cl)c2)no1. The molecule has 0 bridgehead atoms. The number of hydrogen-bond donors (Lipinski definition) is 2. The molecular formula is C12H11Cl2N3O2. The van der Waals surface area contributed by atoms with Crippen molar-refractivity contribution in [3.05, 3.63) is 45.3 Å². The van der Waals surface area contributed by atoms with Crippen LogP contribution in [0, 0.1) is 6.92 Å². The Bertz CT molecular complexity index is 602. The van der Waals surface area contributed by atoms with Crippen molar-refractivity contribution in [1.82, 2.24) is 10.5 Å². The Morgan fingerprint density at radius 3 is 2.53 bits per heavy atom. The highest BCUT2D eigenvalue weighted by molar-refractivity contribution is 6.39. The molecule has 0 aliphatic rings. The highest BCUT2D eigenvalue weighted by Crippen LogP contribution is 2.28. The van der Waals surface area contributed by atoms with E-state index in [1.165, 1.54) is 12.1 Å². The van der Waals surface area contributed by atoms with Crippen molar-refractivity contribution in [2.45, 2.75) is 13.5 Å². The van der Waals surface area contributed by atoms with Crippen LogP contribution in [0.4, 0.5) is 5.69 Å². The molecule has 0 unspecified atom stereocenters. The molecule has 0 saturated carbocycles. The highest BCUT2D eigenvalue weighted by Gasteiger charge is 2.11. The first kappa shape index (κ1) is 13.7. The molecule has 1 aromatic carbocycles. The summed E-state index contributed by atoms with van der Waals surface area (Å²) in [6.45, 7) is 2.04. The van der Waals surface area contributed by atoms with E-state index in [1.807, 2.05) is 0 Å². The summed E-state index contributed by atoms with van der Waals surface area (Å²) < 4.78 is 4.90. The van der Waals surface area contributed by atoms with Crippen molar-refractivity contribution < 1.29 is 9.32 Å². The molecule has 100 valence electrons. The number of rotatable bonds is 3. The van der Waals surface area contributed by atoms with Crippen LogP contribution in [0.15, 0.2) is 22.7 Å². The van der Waals surface area contributed by atoms with Gasteiger partial charge in [0.25, 0.3) is 5.91 Å². The largest absolute Gasteiger partial charge is 0.396 e. The van der Waals surface area contributed by atoms with Gasteiger partial charge in [-0.3, -0.25) is 4.79 Å². The molecule has 5 nitrogen and oxygen atoms in total. The summed E-state index contributed by atoms with van der Waals surface area (Å²) in [6.07, 6.45) is 0. The Hall–Kier alpha value is -1.72. The third-order valence-electron chi connectivity index (χ3n) is 2.45. The minimum atomic E-state index is -0.315. The molecule has 0 fully saturated rings. The van der Waals surface area contributed by atoms with E-state index in [2.05, 4.69) is 10.5 Å². The summed E-state index contributed by atoms with van der Waals surface area (Å²) in [5, 5.41) is 6.94. The van der Waals surface area contributed by atoms with E-state index < -0.39 is 0 Å². The van der Waals surface area contributed by atoms with E-state index in [0.717, 1.165) is 0 Å². The number of halogens is 2. The maximum absolute atomic E-state index is 11.9. The number of carbonyl (C=O) groups excluding carboxylic acids is 1. The van der Waals surface area contributed by atoms with E-state index in [0.29, 0.717) is 17.0 Å². The van der Waals surface area contributed by atoms with Gasteiger partial charge in [0.15, 0.2) is 0 Å². The number of nitrogen functional groups attached to an aromatic ring is 1. The fourth-order valence-corrected chi connectivity index (χ4v) is 1.98. The van der Waals surface area contributed by atoms with Crippen molar-refractivity contribution in [3.63, 3.8) is 0 Å². The van der Waals surface area contributed by atoms with Crippen LogP contribution in [-0.2, 0) is 6.54 Å². The van der Waals surface area contributed by atoms with Crippen molar-refractivity contribution in [2.75, 3.05) is 5.73 Å². The summed E-state index contributed by atoms with van der Waals surface area (Å²) >= 11 is 11.7. The smallest absolute Gasteiger partial charge is 0.251 e. The zero-order valence-corrected chi connectivity index (χ0v) is 11.5. The fourth-order valence-electron chi connectivity index (χ4n) is 1.49. The van der Waals surface area contributed by atoms with Crippen LogP contribution < -0.4 is 11.1 Å². The predicted octanol–water partition coefficient (Wildman–Crippen LogP) is 2.80. The van der Waals surface area contributed by atoms with Crippen LogP contribution in [0.1, 0.15) is 21.8 Å². The topological polar surface area (TPSA) is 81.2 Å². The fraction of sp³-hybridized carbons (Fsp3) is 0.167. The van der Waals surface area contributed by atoms with Gasteiger partial charge in [-0.2, -0.15) is 0 Å². The van der Waals surface area contributed by atoms with Crippen LogP contribution in [0.2, 0.25) is 10.0 Å². The monoisotopic (exact) mass is 299 g/mol. The average molecular weight is 300 g/mol. The normalized spacial score (nSPS) is 10.5. The summed E-state index contributed by atoms with van der Waals surface area (Å²) in [5.74, 6) is 0.368. The van der Waals surface area contributed by atoms with Gasteiger partial charge < -0.3 is 15.6 Å². The second kappa shape index (κ2) is 5.50. The van der Waals surface area contributed by atoms with Crippen molar-refractivity contribution in [2.24, 2.45) is 0 Å². The molecule has 0 atom stereocenters. The number of nitrogens with one attached hydrogen (secondary N) is 1. The number of anilines is 1. The first-order chi connectivity index (χ1) is 8.97. The van der Waals surface area contributed by atoms with E-state index in [9.17, 15) is 4.79 Å². The molecule has 0 saturated heterocycles. The quantitative estimate of drug-likeness (QED) is 0.854. The molecule has 3 N–H and O–H groups in total. The molecule has 0 aliphatic heterocycles. The molecule has 1 heterocycles. The number of amides is 1. The molecule has 2 rings (SSSR count). The number of hydrogen-bond acceptors (Lipinski definition) is 4. The summed E-state index contributed by atoms with van der Waals surface area (Å²) in [5.41, 5.74) is 6.83. The third kappa shape index (κ3) is 3.19. The molecule has 7 heteroatoms. The standard InChI is InChI=1S/C12H11Cl2N3O2/c1-6-2-8(17-19-6)5-16-12(18)7-3-9(13)11(15)10(14)4-7/h2-4H,5,15H2,1H3,(H,16,18). The summed E-state index contributed by atoms with van der Waals surface area (Å²) in [4.78, 5) is 11.9. The van der Waals surface area contributed by atoms with Gasteiger partial charge in [-0.1, -0.05) is 28.4 Å². The third-order valence-corrected chi connectivity index (χ3v) is 3.07. The van der Waals surface area contributed by atoms with Crippen LogP contribution in [0.25, 0.3) is 0 Å². The first-order valence-corrected chi connectivity index (χ1v) is 6.18. The van der Waals surface area contributed by atoms with Crippen molar-refractivity contribution in [1.29, 1.82) is 0 Å². The molecule has 1 amide bonds. The molecule has 1 aromatic heterocycles. The van der Waals surface area contributed by atoms with Gasteiger partial charge in [-0.05, 0) is 19.1 Å². The average Bonchev–Trinajstić information content (AvgIpc) is 2.78. The summed E-state index contributed by atoms with van der Waals surface area (Å²) in [6, 6.07) is 4.67. The molecule has 19 heavy (non-hydrogen) atoms. The minimum absolute atomic E-state index is 0.245. The van der Waals surface area contributed by atoms with Crippen LogP contribution in [-0.4, -0.2) is 11.1 Å². The van der Waals surface area contributed by atoms with Crippen molar-refractivity contribution >= 4 is 34.8 Å². The Morgan fingerprint density at radius 1 is 1.37 bits per heavy atom. The second-order valence-electron chi connectivity index (χ2n) is 3.97. The Labute approximate surface area is 119 Å². The Kier molecular flexibility index (Phi) is 3.97. The van der Waals surface area contributed by atoms with Gasteiger partial charge in [0.05, 0.1) is 22.3 Å². The minimum Gasteiger partial charge on any atom is -0.396 e. The number of aromatic nitrogens is 1. The maximum Gasteiger partial charge on any atom is 0.251 e. The lowest BCUT2D eigenvalue weighted by Crippen LogP contribution is -2.23. The highest BCUT2D eigenvalue weighted by atomic mass is 35.5. The van der Waals surface area contributed by atoms with Gasteiger partial charge >= 0.3 is 0 Å². The lowest BCUT2D eigenvalue weighted by Gasteiger charge is -2.06. The molecule has 0 spiro atoms. The van der Waals surface area contributed by atoms with Crippen LogP contribution >= 0.6 is 23.2 Å². The van der Waals surface area contributed by atoms with E-state index in [1.54, 1.807) is 13.0 Å². The zero-order chi connectivity index (χ0) is 14.0. The van der Waals surface area contributed by atoms with Crippen LogP contribution in [0.3, 0.4) is 0 Å². The number of nitrogens with zero attached hydrogens (tertiary/aromatic N) is 1. The first-order valence-electron chi connectivity index (χ1n) is 5.42. The second-order valence-corrected chi connectivity index (χ2v) is 4.78. The van der Waals surface area contributed by atoms with Gasteiger partial charge in [0.2, 0.25) is 0 Å². The number of benzene rings is 1. The summed E-state index contributed by atoms with van der Waals surface area (Å²) in [7, 11) is 0. The van der Waals surface area contributed by atoms with Gasteiger partial charge in [0, 0.05) is 11.6 Å². The lowest BCUT2D eigenvalue weighted by molar-refractivity contribution is 0.0950. The Balaban J connectivity index is 2.08. The van der Waals surface area contributed by atoms with Gasteiger partial charge in [-0.15, -0.1) is 0 Å². The number of aryl methyl sites for hydroxylation is 1. The van der Waals surface area contributed by atoms with Gasteiger partial charge in [0.1, 0.15) is 11.5 Å². The van der Waals surface area contributed by atoms with E-state index >= 15 is 0 Å². The molecule has 0 radical (unpaired) electrons. The number of carbonyl (C=O) groups is 1. The zero-order valence-electron chi connectivity index (χ0n) is 10.0. The van der Waals surface area contributed by atoms with Gasteiger partial charge in [-0.25, -0.2) is 0 Å². The molecule has 0 aliphatic carbocycles. The molecule has 2 aromatic rings. The Morgan fingerprint density at radius 2 is 2.00 bits per heavy atom.